The molecule has 0 fully saturated rings. The molecule has 2 nitrogen and oxygen atoms in total. The van der Waals surface area contributed by atoms with Crippen LogP contribution in [0, 0.1) is 5.82 Å². The third kappa shape index (κ3) is 8.19. The van der Waals surface area contributed by atoms with Crippen molar-refractivity contribution >= 4 is 5.69 Å². The number of anilines is 1. The minimum atomic E-state index is -0.194. The van der Waals surface area contributed by atoms with E-state index in [-0.39, 0.29) is 5.82 Å². The maximum absolute atomic E-state index is 12.8. The van der Waals surface area contributed by atoms with Gasteiger partial charge in [0.1, 0.15) is 5.82 Å². The van der Waals surface area contributed by atoms with Gasteiger partial charge in [-0.05, 0) is 88.3 Å². The minimum absolute atomic E-state index is 0.194. The highest BCUT2D eigenvalue weighted by Gasteiger charge is 1.96. The van der Waals surface area contributed by atoms with E-state index in [4.69, 9.17) is 4.42 Å². The molecule has 2 rings (SSSR count). The number of allylic oxidation sites excluding steroid dienone is 4. The zero-order valence-corrected chi connectivity index (χ0v) is 15.9. The molecule has 1 aromatic carbocycles. The highest BCUT2D eigenvalue weighted by molar-refractivity contribution is 5.42. The molecule has 0 aliphatic rings. The quantitative estimate of drug-likeness (QED) is 0.350. The Morgan fingerprint density at radius 2 is 1.73 bits per heavy atom. The van der Waals surface area contributed by atoms with Gasteiger partial charge in [-0.3, -0.25) is 0 Å². The van der Waals surface area contributed by atoms with Crippen molar-refractivity contribution in [1.29, 1.82) is 0 Å². The standard InChI is InChI=1S/C23H30FNO/c1-19(8-4-10-21-15-17-26-18-21)6-3-7-20(2)9-5-16-25-23-13-11-22(24)12-14-23/h7-8,11-15,17-18,25H,3-6,9-10,16H2,1-2H3/b19-8+,20-7+. The minimum Gasteiger partial charge on any atom is -0.472 e. The van der Waals surface area contributed by atoms with Crippen molar-refractivity contribution in [2.24, 2.45) is 0 Å². The molecule has 0 aliphatic carbocycles. The summed E-state index contributed by atoms with van der Waals surface area (Å²) in [5.41, 5.74) is 5.14. The molecular weight excluding hydrogens is 325 g/mol. The fraction of sp³-hybridized carbons (Fsp3) is 0.391. The smallest absolute Gasteiger partial charge is 0.123 e. The SMILES string of the molecule is C/C(=C\CCc1ccoc1)CC/C=C(\C)CCCNc1ccc(F)cc1. The summed E-state index contributed by atoms with van der Waals surface area (Å²) in [5.74, 6) is -0.194. The highest BCUT2D eigenvalue weighted by Crippen LogP contribution is 2.13. The molecule has 1 aromatic heterocycles. The number of furan rings is 1. The molecule has 0 bridgehead atoms. The lowest BCUT2D eigenvalue weighted by molar-refractivity contribution is 0.564. The summed E-state index contributed by atoms with van der Waals surface area (Å²) in [6.07, 6.45) is 14.8. The molecule has 26 heavy (non-hydrogen) atoms. The lowest BCUT2D eigenvalue weighted by Crippen LogP contribution is -2.01. The van der Waals surface area contributed by atoms with Crippen LogP contribution in [0.3, 0.4) is 0 Å². The first-order chi connectivity index (χ1) is 12.6. The van der Waals surface area contributed by atoms with Crippen LogP contribution in [0.25, 0.3) is 0 Å². The third-order valence-corrected chi connectivity index (χ3v) is 4.46. The van der Waals surface area contributed by atoms with Crippen molar-refractivity contribution in [3.8, 4) is 0 Å². The Balaban J connectivity index is 1.56. The van der Waals surface area contributed by atoms with Crippen LogP contribution in [0.15, 0.2) is 70.6 Å². The Bertz CT molecular complexity index is 684. The number of hydrogen-bond acceptors (Lipinski definition) is 2. The second-order valence-corrected chi connectivity index (χ2v) is 6.85. The van der Waals surface area contributed by atoms with Gasteiger partial charge in [0.25, 0.3) is 0 Å². The largest absolute Gasteiger partial charge is 0.472 e. The van der Waals surface area contributed by atoms with E-state index in [1.165, 1.54) is 28.8 Å². The van der Waals surface area contributed by atoms with E-state index >= 15 is 0 Å². The molecule has 140 valence electrons. The van der Waals surface area contributed by atoms with Crippen LogP contribution in [0.5, 0.6) is 0 Å². The predicted octanol–water partition coefficient (Wildman–Crippen LogP) is 6.92. The molecule has 1 N–H and O–H groups in total. The van der Waals surface area contributed by atoms with Crippen molar-refractivity contribution in [3.63, 3.8) is 0 Å². The van der Waals surface area contributed by atoms with Crippen LogP contribution in [-0.4, -0.2) is 6.54 Å². The van der Waals surface area contributed by atoms with Crippen LogP contribution in [0.2, 0.25) is 0 Å². The Labute approximate surface area is 156 Å². The molecule has 0 aliphatic heterocycles. The number of benzene rings is 1. The maximum atomic E-state index is 12.8. The number of nitrogens with one attached hydrogen (secondary N) is 1. The molecule has 0 amide bonds. The van der Waals surface area contributed by atoms with Gasteiger partial charge >= 0.3 is 0 Å². The van der Waals surface area contributed by atoms with Crippen LogP contribution in [-0.2, 0) is 6.42 Å². The summed E-state index contributed by atoms with van der Waals surface area (Å²) in [7, 11) is 0. The Hall–Kier alpha value is -2.29. The van der Waals surface area contributed by atoms with E-state index in [0.29, 0.717) is 0 Å². The van der Waals surface area contributed by atoms with Gasteiger partial charge in [-0.1, -0.05) is 23.3 Å². The lowest BCUT2D eigenvalue weighted by atomic mass is 10.1. The first-order valence-corrected chi connectivity index (χ1v) is 9.45. The summed E-state index contributed by atoms with van der Waals surface area (Å²) in [4.78, 5) is 0. The second kappa shape index (κ2) is 11.3. The fourth-order valence-electron chi connectivity index (χ4n) is 2.84. The van der Waals surface area contributed by atoms with Crippen LogP contribution >= 0.6 is 0 Å². The van der Waals surface area contributed by atoms with Crippen molar-refractivity contribution in [2.45, 2.75) is 52.4 Å². The van der Waals surface area contributed by atoms with Crippen molar-refractivity contribution in [2.75, 3.05) is 11.9 Å². The van der Waals surface area contributed by atoms with Crippen LogP contribution < -0.4 is 5.32 Å². The second-order valence-electron chi connectivity index (χ2n) is 6.85. The topological polar surface area (TPSA) is 25.2 Å². The molecule has 0 saturated heterocycles. The normalized spacial score (nSPS) is 12.4. The van der Waals surface area contributed by atoms with Gasteiger partial charge in [0.15, 0.2) is 0 Å². The van der Waals surface area contributed by atoms with E-state index in [1.807, 2.05) is 12.3 Å². The molecule has 0 spiro atoms. The highest BCUT2D eigenvalue weighted by atomic mass is 19.1. The fourth-order valence-corrected chi connectivity index (χ4v) is 2.84. The zero-order valence-electron chi connectivity index (χ0n) is 15.9. The van der Waals surface area contributed by atoms with E-state index in [9.17, 15) is 4.39 Å². The molecule has 0 saturated carbocycles. The predicted molar refractivity (Wildman–Crippen MR) is 108 cm³/mol. The van der Waals surface area contributed by atoms with Gasteiger partial charge in [-0.2, -0.15) is 0 Å². The summed E-state index contributed by atoms with van der Waals surface area (Å²) >= 11 is 0. The number of aryl methyl sites for hydroxylation is 1. The molecular formula is C23H30FNO. The van der Waals surface area contributed by atoms with Gasteiger partial charge in [-0.25, -0.2) is 4.39 Å². The Morgan fingerprint density at radius 3 is 2.46 bits per heavy atom. The molecule has 0 radical (unpaired) electrons. The van der Waals surface area contributed by atoms with Crippen molar-refractivity contribution in [1.82, 2.24) is 0 Å². The first kappa shape index (κ1) is 20.0. The monoisotopic (exact) mass is 355 g/mol. The molecule has 0 unspecified atom stereocenters. The maximum Gasteiger partial charge on any atom is 0.123 e. The molecule has 2 aromatic rings. The Kier molecular flexibility index (Phi) is 8.74. The average Bonchev–Trinajstić information content (AvgIpc) is 3.14. The van der Waals surface area contributed by atoms with Gasteiger partial charge in [0.05, 0.1) is 12.5 Å². The van der Waals surface area contributed by atoms with Gasteiger partial charge < -0.3 is 9.73 Å². The van der Waals surface area contributed by atoms with Crippen molar-refractivity contribution < 1.29 is 8.81 Å². The molecule has 1 heterocycles. The summed E-state index contributed by atoms with van der Waals surface area (Å²) in [6, 6.07) is 8.55. The van der Waals surface area contributed by atoms with Gasteiger partial charge in [0.2, 0.25) is 0 Å². The van der Waals surface area contributed by atoms with E-state index in [2.05, 4.69) is 31.3 Å². The number of hydrogen-bond donors (Lipinski definition) is 1. The van der Waals surface area contributed by atoms with E-state index < -0.39 is 0 Å². The summed E-state index contributed by atoms with van der Waals surface area (Å²) in [6.45, 7) is 5.32. The van der Waals surface area contributed by atoms with Crippen LogP contribution in [0.4, 0.5) is 10.1 Å². The number of halogens is 1. The van der Waals surface area contributed by atoms with Crippen LogP contribution in [0.1, 0.15) is 51.5 Å². The average molecular weight is 355 g/mol. The lowest BCUT2D eigenvalue weighted by Gasteiger charge is -2.07. The zero-order chi connectivity index (χ0) is 18.6. The summed E-state index contributed by atoms with van der Waals surface area (Å²) in [5, 5.41) is 3.33. The van der Waals surface area contributed by atoms with Gasteiger partial charge in [0, 0.05) is 12.2 Å². The van der Waals surface area contributed by atoms with E-state index in [0.717, 1.165) is 50.8 Å². The summed E-state index contributed by atoms with van der Waals surface area (Å²) < 4.78 is 17.9. The third-order valence-electron chi connectivity index (χ3n) is 4.46. The molecule has 3 heteroatoms. The molecule has 0 atom stereocenters. The van der Waals surface area contributed by atoms with Crippen molar-refractivity contribution in [3.05, 3.63) is 77.5 Å². The van der Waals surface area contributed by atoms with Gasteiger partial charge in [-0.15, -0.1) is 0 Å². The number of rotatable bonds is 11. The van der Waals surface area contributed by atoms with E-state index in [1.54, 1.807) is 18.4 Å². The first-order valence-electron chi connectivity index (χ1n) is 9.45. The Morgan fingerprint density at radius 1 is 1.00 bits per heavy atom.